The third-order valence-electron chi connectivity index (χ3n) is 10.9. The van der Waals surface area contributed by atoms with Crippen LogP contribution in [0, 0.1) is 11.3 Å². The first-order valence-corrected chi connectivity index (χ1v) is 20.1. The van der Waals surface area contributed by atoms with E-state index in [0.717, 1.165) is 46.3 Å². The average Bonchev–Trinajstić information content (AvgIpc) is 3.53. The van der Waals surface area contributed by atoms with Crippen molar-refractivity contribution in [1.29, 1.82) is 0 Å². The summed E-state index contributed by atoms with van der Waals surface area (Å²) in [6.45, 7) is 13.8. The number of fused-ring (bicyclic) bond motifs is 1. The van der Waals surface area contributed by atoms with Crippen LogP contribution in [0.15, 0.2) is 48.7 Å². The summed E-state index contributed by atoms with van der Waals surface area (Å²) in [4.78, 5) is 61.5. The zero-order valence-electron chi connectivity index (χ0n) is 35.3. The normalized spacial score (nSPS) is 14.9. The molecule has 1 aromatic carbocycles. The van der Waals surface area contributed by atoms with Crippen LogP contribution in [0.1, 0.15) is 89.4 Å². The Kier molecular flexibility index (Phi) is 14.9. The monoisotopic (exact) mass is 817 g/mol. The molecule has 0 radical (unpaired) electrons. The first-order chi connectivity index (χ1) is 28.1. The second kappa shape index (κ2) is 19.6. The average molecular weight is 818 g/mol. The number of amides is 3. The molecule has 2 N–H and O–H groups in total. The van der Waals surface area contributed by atoms with Crippen LogP contribution in [0.2, 0.25) is 0 Å². The maximum atomic E-state index is 14.7. The van der Waals surface area contributed by atoms with Crippen molar-refractivity contribution in [1.82, 2.24) is 35.2 Å². The smallest absolute Gasteiger partial charge is 0.293 e. The Morgan fingerprint density at radius 3 is 2.49 bits per heavy atom. The molecule has 3 unspecified atom stereocenters. The van der Waals surface area contributed by atoms with Crippen LogP contribution in [0.25, 0.3) is 33.4 Å². The lowest BCUT2D eigenvalue weighted by Gasteiger charge is -2.33. The number of carbonyl (C=O) groups excluding carboxylic acids is 4. The number of rotatable bonds is 19. The molecule has 3 atom stereocenters. The highest BCUT2D eigenvalue weighted by atomic mass is 19.3. The number of nitrogens with zero attached hydrogens (tertiary/aromatic N) is 5. The molecule has 0 bridgehead atoms. The van der Waals surface area contributed by atoms with E-state index in [1.165, 1.54) is 29.1 Å². The fraction of sp³-hybridized carbons (Fsp3) is 0.500. The van der Waals surface area contributed by atoms with Crippen molar-refractivity contribution in [2.75, 3.05) is 33.9 Å². The lowest BCUT2D eigenvalue weighted by atomic mass is 9.84. The van der Waals surface area contributed by atoms with Crippen molar-refractivity contribution in [3.05, 3.63) is 71.2 Å². The number of hydrogen-bond donors (Lipinski definition) is 2. The summed E-state index contributed by atoms with van der Waals surface area (Å²) < 4.78 is 42.6. The molecule has 1 saturated heterocycles. The van der Waals surface area contributed by atoms with Crippen LogP contribution in [-0.4, -0.2) is 95.1 Å². The minimum absolute atomic E-state index is 0.164. The summed E-state index contributed by atoms with van der Waals surface area (Å²) in [6, 6.07) is 10.2. The van der Waals surface area contributed by atoms with Gasteiger partial charge >= 0.3 is 0 Å². The molecule has 5 rings (SSSR count). The number of aromatic nitrogens is 3. The highest BCUT2D eigenvalue weighted by molar-refractivity contribution is 5.95. The molecule has 0 aliphatic carbocycles. The molecule has 59 heavy (non-hydrogen) atoms. The second-order valence-corrected chi connectivity index (χ2v) is 16.3. The number of alkyl halides is 2. The maximum absolute atomic E-state index is 14.7. The molecular weight excluding hydrogens is 761 g/mol. The Hall–Kier alpha value is -5.28. The molecule has 0 spiro atoms. The number of methoxy groups -OCH3 is 1. The van der Waals surface area contributed by atoms with E-state index in [4.69, 9.17) is 19.4 Å². The number of aryl methyl sites for hydroxylation is 1. The Labute approximate surface area is 344 Å². The van der Waals surface area contributed by atoms with Gasteiger partial charge in [-0.3, -0.25) is 34.2 Å². The molecule has 0 saturated carbocycles. The lowest BCUT2D eigenvalue weighted by molar-refractivity contribution is -0.142. The molecule has 3 amide bonds. The Bertz CT molecular complexity index is 2120. The lowest BCUT2D eigenvalue weighted by Crippen LogP contribution is -2.59. The van der Waals surface area contributed by atoms with Gasteiger partial charge in [0.25, 0.3) is 18.8 Å². The van der Waals surface area contributed by atoms with Crippen LogP contribution in [0.5, 0.6) is 0 Å². The van der Waals surface area contributed by atoms with E-state index < -0.39 is 35.7 Å². The Morgan fingerprint density at radius 1 is 1.10 bits per heavy atom. The van der Waals surface area contributed by atoms with Gasteiger partial charge in [-0.15, -0.1) is 0 Å². The minimum Gasteiger partial charge on any atom is -0.467 e. The number of halogens is 2. The van der Waals surface area contributed by atoms with Crippen LogP contribution >= 0.6 is 0 Å². The first kappa shape index (κ1) is 44.8. The van der Waals surface area contributed by atoms with Crippen molar-refractivity contribution in [2.24, 2.45) is 11.3 Å². The van der Waals surface area contributed by atoms with E-state index in [9.17, 15) is 28.0 Å². The van der Waals surface area contributed by atoms with Crippen LogP contribution in [0.4, 0.5) is 8.78 Å². The number of pyridine rings is 2. The topological polar surface area (TPSA) is 148 Å². The predicted molar refractivity (Wildman–Crippen MR) is 221 cm³/mol. The quantitative estimate of drug-likeness (QED) is 0.102. The third-order valence-corrected chi connectivity index (χ3v) is 10.9. The SMILES string of the molecule is CCn1c(-c2cccnc2C(C)OC)c(CC(C)(C)COC=O)c2cc(-c3cc(C(F)F)cc(CC(NC(=O)C(C(C)C)N(C)C=O)C(=O)N4CCCCN4)n3)ccc21. The summed E-state index contributed by atoms with van der Waals surface area (Å²) >= 11 is 0. The van der Waals surface area contributed by atoms with E-state index in [0.29, 0.717) is 44.5 Å². The standard InChI is InChI=1S/C44H57F2N7O6/c1-9-52-37-15-14-29(20-33(37)34(23-44(5,6)24-59-26-55)40(52)32-13-12-16-47-38(32)28(4)58-8)35-21-30(41(45)46)19-31(49-35)22-36(43(57)53-18-11-10-17-48-53)50-42(56)39(27(2)3)51(7)25-54/h12-16,19-21,25-28,36,39,41,48H,9-11,17-18,22-24H2,1-8H3,(H,50,56). The van der Waals surface area contributed by atoms with E-state index in [1.54, 1.807) is 27.2 Å². The van der Waals surface area contributed by atoms with Crippen molar-refractivity contribution in [2.45, 2.75) is 98.4 Å². The Morgan fingerprint density at radius 2 is 1.86 bits per heavy atom. The zero-order valence-corrected chi connectivity index (χ0v) is 35.3. The highest BCUT2D eigenvalue weighted by Crippen LogP contribution is 2.42. The van der Waals surface area contributed by atoms with E-state index in [1.807, 2.05) is 58.0 Å². The summed E-state index contributed by atoms with van der Waals surface area (Å²) in [5, 5.41) is 5.15. The fourth-order valence-corrected chi connectivity index (χ4v) is 7.98. The van der Waals surface area contributed by atoms with Gasteiger partial charge in [0.15, 0.2) is 0 Å². The van der Waals surface area contributed by atoms with Gasteiger partial charge in [-0.25, -0.2) is 14.2 Å². The van der Waals surface area contributed by atoms with Crippen molar-refractivity contribution < 1.29 is 37.4 Å². The minimum atomic E-state index is -2.85. The third kappa shape index (κ3) is 10.3. The number of hydrogen-bond acceptors (Lipinski definition) is 9. The second-order valence-electron chi connectivity index (χ2n) is 16.3. The van der Waals surface area contributed by atoms with Crippen molar-refractivity contribution in [3.63, 3.8) is 0 Å². The molecule has 1 aliphatic heterocycles. The first-order valence-electron chi connectivity index (χ1n) is 20.1. The molecule has 3 aromatic heterocycles. The molecule has 13 nitrogen and oxygen atoms in total. The van der Waals surface area contributed by atoms with E-state index in [-0.39, 0.29) is 42.0 Å². The number of hydrazine groups is 1. The zero-order chi connectivity index (χ0) is 43.0. The molecule has 4 aromatic rings. The number of ether oxygens (including phenoxy) is 2. The Balaban J connectivity index is 1.67. The van der Waals surface area contributed by atoms with Gasteiger partial charge in [0.1, 0.15) is 12.1 Å². The molecule has 1 aliphatic rings. The van der Waals surface area contributed by atoms with Crippen LogP contribution in [0.3, 0.4) is 0 Å². The van der Waals surface area contributed by atoms with E-state index in [2.05, 4.69) is 15.3 Å². The highest BCUT2D eigenvalue weighted by Gasteiger charge is 2.34. The summed E-state index contributed by atoms with van der Waals surface area (Å²) in [7, 11) is 3.13. The van der Waals surface area contributed by atoms with Gasteiger partial charge in [0.05, 0.1) is 29.8 Å². The summed E-state index contributed by atoms with van der Waals surface area (Å²) in [6.07, 6.45) is 1.04. The molecule has 4 heterocycles. The summed E-state index contributed by atoms with van der Waals surface area (Å²) in [5.74, 6) is -1.25. The van der Waals surface area contributed by atoms with Crippen molar-refractivity contribution in [3.8, 4) is 22.5 Å². The van der Waals surface area contributed by atoms with Crippen molar-refractivity contribution >= 4 is 35.6 Å². The molecular formula is C44H57F2N7O6. The van der Waals surface area contributed by atoms with Crippen LogP contribution < -0.4 is 10.7 Å². The largest absolute Gasteiger partial charge is 0.467 e. The maximum Gasteiger partial charge on any atom is 0.293 e. The summed E-state index contributed by atoms with van der Waals surface area (Å²) in [5.41, 5.74) is 7.73. The number of nitrogens with one attached hydrogen (secondary N) is 2. The van der Waals surface area contributed by atoms with Crippen LogP contribution in [-0.2, 0) is 48.0 Å². The van der Waals surface area contributed by atoms with Gasteiger partial charge in [-0.1, -0.05) is 33.8 Å². The van der Waals surface area contributed by atoms with Gasteiger partial charge in [0.2, 0.25) is 12.3 Å². The predicted octanol–water partition coefficient (Wildman–Crippen LogP) is 6.44. The fourth-order valence-electron chi connectivity index (χ4n) is 7.98. The molecule has 318 valence electrons. The number of likely N-dealkylation sites (N-methyl/N-ethyl adjacent to an activating group) is 1. The molecule has 1 fully saturated rings. The van der Waals surface area contributed by atoms with E-state index >= 15 is 0 Å². The van der Waals surface area contributed by atoms with Gasteiger partial charge in [-0.2, -0.15) is 0 Å². The van der Waals surface area contributed by atoms with Gasteiger partial charge in [-0.05, 0) is 81.0 Å². The van der Waals surface area contributed by atoms with Gasteiger partial charge in [0, 0.05) is 85.1 Å². The molecule has 15 heteroatoms. The number of carbonyl (C=O) groups is 4. The van der Waals surface area contributed by atoms with Gasteiger partial charge < -0.3 is 24.3 Å². The number of benzene rings is 1.